The zero-order valence-corrected chi connectivity index (χ0v) is 16.6. The fourth-order valence-electron chi connectivity index (χ4n) is 4.10. The summed E-state index contributed by atoms with van der Waals surface area (Å²) in [6.45, 7) is 7.06. The Kier molecular flexibility index (Phi) is 4.87. The first-order valence-corrected chi connectivity index (χ1v) is 9.90. The SMILES string of the molecule is Cc1c(C(=O)N[C@H](c2ccc3c(c2)OCCO3)C(C)C)[nH]c2c1C(=O)CCC2. The van der Waals surface area contributed by atoms with E-state index in [4.69, 9.17) is 9.47 Å². The van der Waals surface area contributed by atoms with E-state index in [0.29, 0.717) is 36.6 Å². The molecule has 4 rings (SSSR count). The number of aryl methyl sites for hydroxylation is 1. The van der Waals surface area contributed by atoms with E-state index in [1.165, 1.54) is 0 Å². The van der Waals surface area contributed by atoms with E-state index < -0.39 is 0 Å². The summed E-state index contributed by atoms with van der Waals surface area (Å²) >= 11 is 0. The zero-order chi connectivity index (χ0) is 19.8. The summed E-state index contributed by atoms with van der Waals surface area (Å²) in [7, 11) is 0. The van der Waals surface area contributed by atoms with Crippen LogP contribution in [-0.4, -0.2) is 29.9 Å². The number of nitrogens with one attached hydrogen (secondary N) is 2. The summed E-state index contributed by atoms with van der Waals surface area (Å²) in [6, 6.07) is 5.62. The van der Waals surface area contributed by atoms with Crippen LogP contribution in [0.5, 0.6) is 11.5 Å². The maximum absolute atomic E-state index is 13.1. The minimum atomic E-state index is -0.187. The fourth-order valence-corrected chi connectivity index (χ4v) is 4.10. The number of aromatic amines is 1. The van der Waals surface area contributed by atoms with E-state index in [0.717, 1.165) is 35.4 Å². The predicted molar refractivity (Wildman–Crippen MR) is 105 cm³/mol. The van der Waals surface area contributed by atoms with Gasteiger partial charge in [-0.05, 0) is 48.9 Å². The van der Waals surface area contributed by atoms with Crippen molar-refractivity contribution in [2.45, 2.75) is 46.1 Å². The molecule has 28 heavy (non-hydrogen) atoms. The molecular formula is C22H26N2O4. The summed E-state index contributed by atoms with van der Waals surface area (Å²) in [4.78, 5) is 28.5. The van der Waals surface area contributed by atoms with Gasteiger partial charge >= 0.3 is 0 Å². The van der Waals surface area contributed by atoms with Crippen LogP contribution in [0.15, 0.2) is 18.2 Å². The van der Waals surface area contributed by atoms with Crippen LogP contribution in [0, 0.1) is 12.8 Å². The van der Waals surface area contributed by atoms with Crippen LogP contribution in [0.4, 0.5) is 0 Å². The van der Waals surface area contributed by atoms with Crippen LogP contribution < -0.4 is 14.8 Å². The van der Waals surface area contributed by atoms with Crippen molar-refractivity contribution in [3.05, 3.63) is 46.3 Å². The number of Topliss-reactive ketones (excluding diaryl/α,β-unsaturated/α-hetero) is 1. The normalized spacial score (nSPS) is 16.6. The summed E-state index contributed by atoms with van der Waals surface area (Å²) in [6.07, 6.45) is 2.20. The Morgan fingerprint density at radius 2 is 1.89 bits per heavy atom. The second kappa shape index (κ2) is 7.34. The highest BCUT2D eigenvalue weighted by molar-refractivity contribution is 6.04. The Bertz CT molecular complexity index is 929. The lowest BCUT2D eigenvalue weighted by Gasteiger charge is -2.25. The van der Waals surface area contributed by atoms with E-state index in [1.54, 1.807) is 0 Å². The van der Waals surface area contributed by atoms with Crippen molar-refractivity contribution in [3.8, 4) is 11.5 Å². The lowest BCUT2D eigenvalue weighted by atomic mass is 9.93. The Labute approximate surface area is 164 Å². The molecule has 1 amide bonds. The number of hydrogen-bond acceptors (Lipinski definition) is 4. The van der Waals surface area contributed by atoms with E-state index >= 15 is 0 Å². The van der Waals surface area contributed by atoms with Crippen LogP contribution in [-0.2, 0) is 6.42 Å². The molecule has 6 nitrogen and oxygen atoms in total. The number of fused-ring (bicyclic) bond motifs is 2. The zero-order valence-electron chi connectivity index (χ0n) is 16.6. The minimum Gasteiger partial charge on any atom is -0.486 e. The molecule has 2 aliphatic rings. The van der Waals surface area contributed by atoms with Crippen LogP contribution >= 0.6 is 0 Å². The average Bonchev–Trinajstić information content (AvgIpc) is 3.03. The number of H-pyrrole nitrogens is 1. The van der Waals surface area contributed by atoms with Gasteiger partial charge in [-0.1, -0.05) is 19.9 Å². The largest absolute Gasteiger partial charge is 0.486 e. The van der Waals surface area contributed by atoms with Gasteiger partial charge in [0.1, 0.15) is 18.9 Å². The highest BCUT2D eigenvalue weighted by Gasteiger charge is 2.28. The summed E-state index contributed by atoms with van der Waals surface area (Å²) in [5.74, 6) is 1.56. The molecule has 0 bridgehead atoms. The highest BCUT2D eigenvalue weighted by Crippen LogP contribution is 2.35. The lowest BCUT2D eigenvalue weighted by Crippen LogP contribution is -2.32. The fraction of sp³-hybridized carbons (Fsp3) is 0.455. The van der Waals surface area contributed by atoms with E-state index in [2.05, 4.69) is 24.1 Å². The van der Waals surface area contributed by atoms with E-state index in [1.807, 2.05) is 25.1 Å². The van der Waals surface area contributed by atoms with Crippen LogP contribution in [0.25, 0.3) is 0 Å². The van der Waals surface area contributed by atoms with Crippen molar-refractivity contribution in [3.63, 3.8) is 0 Å². The molecule has 6 heteroatoms. The van der Waals surface area contributed by atoms with Gasteiger partial charge in [0, 0.05) is 17.7 Å². The van der Waals surface area contributed by atoms with Gasteiger partial charge in [0.15, 0.2) is 17.3 Å². The molecular weight excluding hydrogens is 356 g/mol. The molecule has 1 aromatic heterocycles. The number of ether oxygens (including phenoxy) is 2. The van der Waals surface area contributed by atoms with Crippen LogP contribution in [0.1, 0.15) is 70.4 Å². The lowest BCUT2D eigenvalue weighted by molar-refractivity contribution is 0.0919. The maximum atomic E-state index is 13.1. The molecule has 2 heterocycles. The molecule has 0 saturated heterocycles. The van der Waals surface area contributed by atoms with Crippen molar-refractivity contribution in [2.75, 3.05) is 13.2 Å². The van der Waals surface area contributed by atoms with E-state index in [9.17, 15) is 9.59 Å². The van der Waals surface area contributed by atoms with Crippen molar-refractivity contribution in [2.24, 2.45) is 5.92 Å². The minimum absolute atomic E-state index is 0.126. The number of benzene rings is 1. The smallest absolute Gasteiger partial charge is 0.268 e. The van der Waals surface area contributed by atoms with Gasteiger partial charge in [0.05, 0.1) is 6.04 Å². The Balaban J connectivity index is 1.61. The molecule has 1 atom stereocenters. The number of amides is 1. The molecule has 2 aromatic rings. The Morgan fingerprint density at radius 1 is 1.14 bits per heavy atom. The first-order valence-electron chi connectivity index (χ1n) is 9.90. The van der Waals surface area contributed by atoms with Gasteiger partial charge < -0.3 is 19.8 Å². The van der Waals surface area contributed by atoms with Crippen molar-refractivity contribution < 1.29 is 19.1 Å². The molecule has 0 saturated carbocycles. The van der Waals surface area contributed by atoms with E-state index in [-0.39, 0.29) is 23.7 Å². The molecule has 0 radical (unpaired) electrons. The monoisotopic (exact) mass is 382 g/mol. The molecule has 0 spiro atoms. The summed E-state index contributed by atoms with van der Waals surface area (Å²) < 4.78 is 11.3. The third-order valence-corrected chi connectivity index (χ3v) is 5.54. The van der Waals surface area contributed by atoms with Crippen LogP contribution in [0.2, 0.25) is 0 Å². The third kappa shape index (κ3) is 3.28. The number of ketones is 1. The first-order chi connectivity index (χ1) is 13.5. The second-order valence-electron chi connectivity index (χ2n) is 7.85. The number of hydrogen-bond donors (Lipinski definition) is 2. The maximum Gasteiger partial charge on any atom is 0.268 e. The van der Waals surface area contributed by atoms with Gasteiger partial charge in [0.25, 0.3) is 5.91 Å². The number of carbonyl (C=O) groups excluding carboxylic acids is 2. The van der Waals surface area contributed by atoms with Gasteiger partial charge in [0.2, 0.25) is 0 Å². The van der Waals surface area contributed by atoms with Gasteiger partial charge in [-0.3, -0.25) is 9.59 Å². The van der Waals surface area contributed by atoms with Crippen molar-refractivity contribution in [1.29, 1.82) is 0 Å². The molecule has 148 valence electrons. The summed E-state index contributed by atoms with van der Waals surface area (Å²) in [5, 5.41) is 3.14. The summed E-state index contributed by atoms with van der Waals surface area (Å²) in [5.41, 5.74) is 3.80. The van der Waals surface area contributed by atoms with Gasteiger partial charge in [-0.2, -0.15) is 0 Å². The molecule has 1 aliphatic carbocycles. The molecule has 2 N–H and O–H groups in total. The quantitative estimate of drug-likeness (QED) is 0.844. The predicted octanol–water partition coefficient (Wildman–Crippen LogP) is 3.74. The van der Waals surface area contributed by atoms with Gasteiger partial charge in [-0.15, -0.1) is 0 Å². The molecule has 1 aromatic carbocycles. The number of carbonyl (C=O) groups is 2. The highest BCUT2D eigenvalue weighted by atomic mass is 16.6. The third-order valence-electron chi connectivity index (χ3n) is 5.54. The first kappa shape index (κ1) is 18.6. The van der Waals surface area contributed by atoms with Crippen molar-refractivity contribution >= 4 is 11.7 Å². The second-order valence-corrected chi connectivity index (χ2v) is 7.85. The number of aromatic nitrogens is 1. The topological polar surface area (TPSA) is 80.4 Å². The standard InChI is InChI=1S/C22H26N2O4/c1-12(2)20(14-7-8-17-18(11-14)28-10-9-27-17)24-22(26)21-13(3)19-15(23-21)5-4-6-16(19)25/h7-8,11-12,20,23H,4-6,9-10H2,1-3H3,(H,24,26)/t20-/m0/s1. The Morgan fingerprint density at radius 3 is 2.61 bits per heavy atom. The van der Waals surface area contributed by atoms with Crippen LogP contribution in [0.3, 0.4) is 0 Å². The van der Waals surface area contributed by atoms with Crippen molar-refractivity contribution in [1.82, 2.24) is 10.3 Å². The Hall–Kier alpha value is -2.76. The van der Waals surface area contributed by atoms with Gasteiger partial charge in [-0.25, -0.2) is 0 Å². The number of rotatable bonds is 4. The average molecular weight is 382 g/mol. The molecule has 0 unspecified atom stereocenters. The molecule has 1 aliphatic heterocycles. The molecule has 0 fully saturated rings.